The Kier molecular flexibility index (Phi) is 5.47. The Balaban J connectivity index is 1.69. The molecule has 1 fully saturated rings. The van der Waals surface area contributed by atoms with Crippen LogP contribution in [0.15, 0.2) is 84.9 Å². The van der Waals surface area contributed by atoms with Gasteiger partial charge in [0, 0.05) is 12.6 Å². The molecule has 1 aliphatic rings. The first kappa shape index (κ1) is 18.7. The van der Waals surface area contributed by atoms with Crippen LogP contribution in [-0.4, -0.2) is 29.7 Å². The van der Waals surface area contributed by atoms with Crippen molar-refractivity contribution in [2.24, 2.45) is 0 Å². The molecule has 0 unspecified atom stereocenters. The zero-order valence-electron chi connectivity index (χ0n) is 16.3. The van der Waals surface area contributed by atoms with E-state index in [0.717, 1.165) is 42.8 Å². The molecule has 0 aromatic heterocycles. The van der Waals surface area contributed by atoms with E-state index in [-0.39, 0.29) is 6.04 Å². The number of benzene rings is 3. The molecule has 144 valence electrons. The molecule has 4 rings (SSSR count). The summed E-state index contributed by atoms with van der Waals surface area (Å²) in [4.78, 5) is 2.42. The van der Waals surface area contributed by atoms with Gasteiger partial charge in [0.1, 0.15) is 11.4 Å². The van der Waals surface area contributed by atoms with Crippen LogP contribution < -0.4 is 4.74 Å². The zero-order chi connectivity index (χ0) is 19.4. The predicted octanol–water partition coefficient (Wildman–Crippen LogP) is 4.60. The lowest BCUT2D eigenvalue weighted by Gasteiger charge is -2.40. The van der Waals surface area contributed by atoms with Crippen molar-refractivity contribution >= 4 is 0 Å². The number of methoxy groups -OCH3 is 1. The second-order valence-corrected chi connectivity index (χ2v) is 7.48. The molecule has 28 heavy (non-hydrogen) atoms. The first-order valence-corrected chi connectivity index (χ1v) is 9.92. The lowest BCUT2D eigenvalue weighted by Crippen LogP contribution is -2.48. The minimum Gasteiger partial charge on any atom is -0.497 e. The second kappa shape index (κ2) is 8.17. The third kappa shape index (κ3) is 3.56. The van der Waals surface area contributed by atoms with Crippen LogP contribution in [0.3, 0.4) is 0 Å². The van der Waals surface area contributed by atoms with Crippen molar-refractivity contribution in [3.63, 3.8) is 0 Å². The molecule has 1 aliphatic heterocycles. The number of aliphatic hydroxyl groups is 1. The van der Waals surface area contributed by atoms with Crippen LogP contribution in [-0.2, 0) is 12.1 Å². The Morgan fingerprint density at radius 3 is 2.00 bits per heavy atom. The summed E-state index contributed by atoms with van der Waals surface area (Å²) in [7, 11) is 1.69. The third-order valence-electron chi connectivity index (χ3n) is 5.82. The lowest BCUT2D eigenvalue weighted by atomic mass is 9.79. The molecule has 0 bridgehead atoms. The van der Waals surface area contributed by atoms with Crippen molar-refractivity contribution in [1.82, 2.24) is 4.90 Å². The molecule has 1 heterocycles. The van der Waals surface area contributed by atoms with Gasteiger partial charge >= 0.3 is 0 Å². The largest absolute Gasteiger partial charge is 0.497 e. The molecule has 1 N–H and O–H groups in total. The van der Waals surface area contributed by atoms with Crippen molar-refractivity contribution in [1.29, 1.82) is 0 Å². The highest BCUT2D eigenvalue weighted by Gasteiger charge is 2.45. The van der Waals surface area contributed by atoms with Gasteiger partial charge in [-0.3, -0.25) is 4.90 Å². The van der Waals surface area contributed by atoms with Gasteiger partial charge < -0.3 is 9.84 Å². The van der Waals surface area contributed by atoms with E-state index in [1.165, 1.54) is 5.56 Å². The highest BCUT2D eigenvalue weighted by Crippen LogP contribution is 2.40. The first-order chi connectivity index (χ1) is 13.7. The Morgan fingerprint density at radius 2 is 1.46 bits per heavy atom. The Morgan fingerprint density at radius 1 is 0.893 bits per heavy atom. The van der Waals surface area contributed by atoms with Crippen molar-refractivity contribution in [2.45, 2.75) is 31.0 Å². The minimum atomic E-state index is -1.04. The molecule has 0 radical (unpaired) electrons. The quantitative estimate of drug-likeness (QED) is 0.686. The molecule has 0 aliphatic carbocycles. The number of rotatable bonds is 6. The standard InChI is InChI=1S/C25H27NO2/c1-28-23-16-14-20(15-17-23)19-26-18-8-13-24(26)25(27,21-9-4-2-5-10-21)22-11-6-3-7-12-22/h2-7,9-12,14-17,24,27H,8,13,18-19H2,1H3/t24-/m0/s1. The summed E-state index contributed by atoms with van der Waals surface area (Å²) in [6, 6.07) is 28.4. The molecule has 0 amide bonds. The van der Waals surface area contributed by atoms with Crippen molar-refractivity contribution in [2.75, 3.05) is 13.7 Å². The zero-order valence-corrected chi connectivity index (χ0v) is 16.3. The van der Waals surface area contributed by atoms with E-state index >= 15 is 0 Å². The molecule has 0 spiro atoms. The maximum absolute atomic E-state index is 12.1. The van der Waals surface area contributed by atoms with E-state index in [1.54, 1.807) is 7.11 Å². The van der Waals surface area contributed by atoms with Gasteiger partial charge in [0.25, 0.3) is 0 Å². The summed E-state index contributed by atoms with van der Waals surface area (Å²) in [5.41, 5.74) is 2.10. The summed E-state index contributed by atoms with van der Waals surface area (Å²) >= 11 is 0. The molecular formula is C25H27NO2. The van der Waals surface area contributed by atoms with Crippen LogP contribution in [0.25, 0.3) is 0 Å². The van der Waals surface area contributed by atoms with Gasteiger partial charge in [-0.25, -0.2) is 0 Å². The van der Waals surface area contributed by atoms with Gasteiger partial charge in [-0.2, -0.15) is 0 Å². The maximum Gasteiger partial charge on any atom is 0.130 e. The van der Waals surface area contributed by atoms with Crippen LogP contribution >= 0.6 is 0 Å². The summed E-state index contributed by atoms with van der Waals surface area (Å²) in [6.45, 7) is 1.80. The fourth-order valence-electron chi connectivity index (χ4n) is 4.39. The fourth-order valence-corrected chi connectivity index (χ4v) is 4.39. The molecule has 0 saturated carbocycles. The van der Waals surface area contributed by atoms with Gasteiger partial charge in [-0.05, 0) is 48.2 Å². The molecular weight excluding hydrogens is 346 g/mol. The van der Waals surface area contributed by atoms with E-state index < -0.39 is 5.60 Å². The fraction of sp³-hybridized carbons (Fsp3) is 0.280. The number of hydrogen-bond acceptors (Lipinski definition) is 3. The normalized spacial score (nSPS) is 17.6. The second-order valence-electron chi connectivity index (χ2n) is 7.48. The van der Waals surface area contributed by atoms with E-state index in [2.05, 4.69) is 17.0 Å². The lowest BCUT2D eigenvalue weighted by molar-refractivity contribution is -0.00653. The third-order valence-corrected chi connectivity index (χ3v) is 5.82. The van der Waals surface area contributed by atoms with Gasteiger partial charge in [0.2, 0.25) is 0 Å². The summed E-state index contributed by atoms with van der Waals surface area (Å²) in [6.07, 6.45) is 2.05. The van der Waals surface area contributed by atoms with Gasteiger partial charge in [-0.15, -0.1) is 0 Å². The van der Waals surface area contributed by atoms with Gasteiger partial charge in [0.05, 0.1) is 7.11 Å². The molecule has 1 atom stereocenters. The van der Waals surface area contributed by atoms with E-state index in [0.29, 0.717) is 0 Å². The SMILES string of the molecule is COc1ccc(CN2CCC[C@H]2C(O)(c2ccccc2)c2ccccc2)cc1. The molecule has 3 aromatic carbocycles. The molecule has 1 saturated heterocycles. The van der Waals surface area contributed by atoms with Crippen LogP contribution in [0.5, 0.6) is 5.75 Å². The summed E-state index contributed by atoms with van der Waals surface area (Å²) in [5, 5.41) is 12.1. The number of ether oxygens (including phenoxy) is 1. The Bertz CT molecular complexity index is 838. The first-order valence-electron chi connectivity index (χ1n) is 9.92. The highest BCUT2D eigenvalue weighted by atomic mass is 16.5. The van der Waals surface area contributed by atoms with E-state index in [9.17, 15) is 5.11 Å². The smallest absolute Gasteiger partial charge is 0.130 e. The van der Waals surface area contributed by atoms with Crippen LogP contribution in [0, 0.1) is 0 Å². The summed E-state index contributed by atoms with van der Waals surface area (Å²) < 4.78 is 5.28. The monoisotopic (exact) mass is 373 g/mol. The van der Waals surface area contributed by atoms with Gasteiger partial charge in [-0.1, -0.05) is 72.8 Å². The summed E-state index contributed by atoms with van der Waals surface area (Å²) in [5.74, 6) is 0.867. The molecule has 3 aromatic rings. The maximum atomic E-state index is 12.1. The van der Waals surface area contributed by atoms with E-state index in [1.807, 2.05) is 72.8 Å². The van der Waals surface area contributed by atoms with Crippen molar-refractivity contribution in [3.05, 3.63) is 102 Å². The van der Waals surface area contributed by atoms with Gasteiger partial charge in [0.15, 0.2) is 0 Å². The predicted molar refractivity (Wildman–Crippen MR) is 112 cm³/mol. The Labute approximate surface area is 167 Å². The number of hydrogen-bond donors (Lipinski definition) is 1. The molecule has 3 nitrogen and oxygen atoms in total. The number of nitrogens with zero attached hydrogens (tertiary/aromatic N) is 1. The van der Waals surface area contributed by atoms with Crippen LogP contribution in [0.1, 0.15) is 29.5 Å². The van der Waals surface area contributed by atoms with Crippen molar-refractivity contribution < 1.29 is 9.84 Å². The Hall–Kier alpha value is -2.62. The van der Waals surface area contributed by atoms with E-state index in [4.69, 9.17) is 4.74 Å². The topological polar surface area (TPSA) is 32.7 Å². The van der Waals surface area contributed by atoms with Crippen molar-refractivity contribution in [3.8, 4) is 5.75 Å². The molecule has 3 heteroatoms. The number of likely N-dealkylation sites (tertiary alicyclic amines) is 1. The highest BCUT2D eigenvalue weighted by molar-refractivity contribution is 5.39. The van der Waals surface area contributed by atoms with Crippen LogP contribution in [0.2, 0.25) is 0 Å². The minimum absolute atomic E-state index is 0.0272. The van der Waals surface area contributed by atoms with Crippen LogP contribution in [0.4, 0.5) is 0 Å². The average molecular weight is 373 g/mol. The average Bonchev–Trinajstić information content (AvgIpc) is 3.23.